The molecule has 3 atom stereocenters. The molecule has 30 heavy (non-hydrogen) atoms. The van der Waals surface area contributed by atoms with Gasteiger partial charge >= 0.3 is 6.09 Å². The van der Waals surface area contributed by atoms with E-state index < -0.39 is 6.09 Å². The van der Waals surface area contributed by atoms with Crippen LogP contribution in [0.2, 0.25) is 0 Å². The van der Waals surface area contributed by atoms with Gasteiger partial charge in [0.05, 0.1) is 6.04 Å². The molecule has 5 rings (SSSR count). The number of carboxylic acid groups (broad SMARTS) is 1. The van der Waals surface area contributed by atoms with Crippen molar-refractivity contribution >= 4 is 22.9 Å². The number of H-pyrrole nitrogens is 1. The molecule has 1 aromatic heterocycles. The van der Waals surface area contributed by atoms with Gasteiger partial charge in [0.1, 0.15) is 0 Å². The number of hydrogen-bond donors (Lipinski definition) is 2. The van der Waals surface area contributed by atoms with Gasteiger partial charge in [0, 0.05) is 42.7 Å². The van der Waals surface area contributed by atoms with Gasteiger partial charge in [0.25, 0.3) is 0 Å². The molecule has 160 valence electrons. The third kappa shape index (κ3) is 3.36. The minimum Gasteiger partial charge on any atom is -0.465 e. The largest absolute Gasteiger partial charge is 0.465 e. The average Bonchev–Trinajstić information content (AvgIpc) is 3.52. The Morgan fingerprint density at radius 3 is 2.70 bits per heavy atom. The molecule has 6 nitrogen and oxygen atoms in total. The fourth-order valence-electron chi connectivity index (χ4n) is 5.81. The van der Waals surface area contributed by atoms with Crippen LogP contribution < -0.4 is 0 Å². The lowest BCUT2D eigenvalue weighted by Crippen LogP contribution is -2.48. The molecule has 0 bridgehead atoms. The quantitative estimate of drug-likeness (QED) is 0.785. The number of aromatic amines is 1. The topological polar surface area (TPSA) is 76.6 Å². The molecule has 2 fully saturated rings. The van der Waals surface area contributed by atoms with Crippen LogP contribution in [0.1, 0.15) is 55.8 Å². The summed E-state index contributed by atoms with van der Waals surface area (Å²) in [6.07, 6.45) is 6.30. The van der Waals surface area contributed by atoms with Gasteiger partial charge in [-0.05, 0) is 55.6 Å². The zero-order chi connectivity index (χ0) is 20.8. The normalized spacial score (nSPS) is 26.4. The minimum atomic E-state index is -0.914. The molecule has 2 heterocycles. The Morgan fingerprint density at radius 2 is 1.93 bits per heavy atom. The standard InChI is InChI=1S/C24H31N3O3/c1-26(24(29)30)14-16-6-2-3-7-17(16)23(28)27-13-12-19-18-8-4-5-9-20(18)25-21(19)22(27)15-10-11-15/h4-5,8-9,15-17,22,25H,2-3,6-7,10-14H2,1H3,(H,29,30). The average molecular weight is 410 g/mol. The fraction of sp³-hybridized carbons (Fsp3) is 0.583. The maximum atomic E-state index is 13.8. The first-order valence-electron chi connectivity index (χ1n) is 11.4. The Balaban J connectivity index is 1.44. The molecule has 1 aliphatic heterocycles. The zero-order valence-electron chi connectivity index (χ0n) is 17.6. The maximum Gasteiger partial charge on any atom is 0.407 e. The number of nitrogens with one attached hydrogen (secondary N) is 1. The Bertz CT molecular complexity index is 964. The van der Waals surface area contributed by atoms with Crippen molar-refractivity contribution in [3.63, 3.8) is 0 Å². The summed E-state index contributed by atoms with van der Waals surface area (Å²) >= 11 is 0. The van der Waals surface area contributed by atoms with E-state index in [2.05, 4.69) is 34.1 Å². The SMILES string of the molecule is CN(CC1CCCCC1C(=O)N1CCc2c([nH]c3ccccc23)C1C1CC1)C(=O)O. The highest BCUT2D eigenvalue weighted by Crippen LogP contribution is 2.49. The number of fused-ring (bicyclic) bond motifs is 3. The number of nitrogens with zero attached hydrogens (tertiary/aromatic N) is 2. The third-order valence-electron chi connectivity index (χ3n) is 7.49. The van der Waals surface area contributed by atoms with Crippen LogP contribution in [0.3, 0.4) is 0 Å². The van der Waals surface area contributed by atoms with E-state index in [1.54, 1.807) is 7.05 Å². The number of para-hydroxylation sites is 1. The first-order chi connectivity index (χ1) is 14.5. The van der Waals surface area contributed by atoms with E-state index in [9.17, 15) is 14.7 Å². The highest BCUT2D eigenvalue weighted by molar-refractivity contribution is 5.86. The molecule has 2 saturated carbocycles. The van der Waals surface area contributed by atoms with Gasteiger partial charge in [-0.25, -0.2) is 4.79 Å². The number of aromatic nitrogens is 1. The van der Waals surface area contributed by atoms with Crippen molar-refractivity contribution in [2.45, 2.75) is 51.0 Å². The van der Waals surface area contributed by atoms with Crippen LogP contribution in [-0.4, -0.2) is 52.0 Å². The Hall–Kier alpha value is -2.50. The van der Waals surface area contributed by atoms with Crippen molar-refractivity contribution in [2.75, 3.05) is 20.1 Å². The summed E-state index contributed by atoms with van der Waals surface area (Å²) in [4.78, 5) is 32.3. The van der Waals surface area contributed by atoms with Crippen LogP contribution in [-0.2, 0) is 11.2 Å². The number of amides is 2. The lowest BCUT2D eigenvalue weighted by molar-refractivity contribution is -0.142. The minimum absolute atomic E-state index is 0.0623. The molecule has 3 aliphatic rings. The van der Waals surface area contributed by atoms with E-state index in [0.717, 1.165) is 38.6 Å². The summed E-state index contributed by atoms with van der Waals surface area (Å²) in [5.41, 5.74) is 3.80. The van der Waals surface area contributed by atoms with Crippen molar-refractivity contribution in [1.82, 2.24) is 14.8 Å². The van der Waals surface area contributed by atoms with Crippen LogP contribution in [0, 0.1) is 17.8 Å². The molecular formula is C24H31N3O3. The highest BCUT2D eigenvalue weighted by Gasteiger charge is 2.45. The summed E-state index contributed by atoms with van der Waals surface area (Å²) in [5, 5.41) is 10.6. The predicted molar refractivity (Wildman–Crippen MR) is 115 cm³/mol. The second-order valence-electron chi connectivity index (χ2n) is 9.44. The summed E-state index contributed by atoms with van der Waals surface area (Å²) in [6, 6.07) is 8.61. The second kappa shape index (κ2) is 7.64. The zero-order valence-corrected chi connectivity index (χ0v) is 17.6. The molecule has 2 N–H and O–H groups in total. The monoisotopic (exact) mass is 409 g/mol. The van der Waals surface area contributed by atoms with Crippen molar-refractivity contribution in [1.29, 1.82) is 0 Å². The smallest absolute Gasteiger partial charge is 0.407 e. The van der Waals surface area contributed by atoms with Crippen LogP contribution in [0.25, 0.3) is 10.9 Å². The Labute approximate surface area is 177 Å². The molecule has 6 heteroatoms. The van der Waals surface area contributed by atoms with Gasteiger partial charge < -0.3 is 19.9 Å². The number of rotatable bonds is 4. The molecular weight excluding hydrogens is 378 g/mol. The van der Waals surface area contributed by atoms with Crippen molar-refractivity contribution in [3.05, 3.63) is 35.5 Å². The fourth-order valence-corrected chi connectivity index (χ4v) is 5.81. The first-order valence-corrected chi connectivity index (χ1v) is 11.4. The summed E-state index contributed by atoms with van der Waals surface area (Å²) in [6.45, 7) is 1.22. The second-order valence-corrected chi connectivity index (χ2v) is 9.44. The first kappa shape index (κ1) is 19.5. The molecule has 2 aliphatic carbocycles. The van der Waals surface area contributed by atoms with Crippen LogP contribution in [0.4, 0.5) is 4.79 Å². The summed E-state index contributed by atoms with van der Waals surface area (Å²) in [5.74, 6) is 0.855. The van der Waals surface area contributed by atoms with Gasteiger partial charge in [-0.15, -0.1) is 0 Å². The van der Waals surface area contributed by atoms with E-state index in [-0.39, 0.29) is 23.8 Å². The molecule has 2 aromatic rings. The number of benzene rings is 1. The molecule has 3 unspecified atom stereocenters. The maximum absolute atomic E-state index is 13.8. The lowest BCUT2D eigenvalue weighted by atomic mass is 9.77. The van der Waals surface area contributed by atoms with E-state index in [4.69, 9.17) is 0 Å². The van der Waals surface area contributed by atoms with Gasteiger partial charge in [0.2, 0.25) is 5.91 Å². The van der Waals surface area contributed by atoms with Gasteiger partial charge in [-0.3, -0.25) is 4.79 Å². The van der Waals surface area contributed by atoms with Gasteiger partial charge in [-0.2, -0.15) is 0 Å². The number of hydrogen-bond acceptors (Lipinski definition) is 2. The van der Waals surface area contributed by atoms with Crippen LogP contribution >= 0.6 is 0 Å². The number of carbonyl (C=O) groups is 2. The van der Waals surface area contributed by atoms with Crippen molar-refractivity contribution in [2.24, 2.45) is 17.8 Å². The molecule has 2 amide bonds. The summed E-state index contributed by atoms with van der Waals surface area (Å²) in [7, 11) is 1.61. The van der Waals surface area contributed by atoms with E-state index in [1.165, 1.54) is 39.9 Å². The third-order valence-corrected chi connectivity index (χ3v) is 7.49. The highest BCUT2D eigenvalue weighted by atomic mass is 16.4. The van der Waals surface area contributed by atoms with Gasteiger partial charge in [0.15, 0.2) is 0 Å². The summed E-state index contributed by atoms with van der Waals surface area (Å²) < 4.78 is 0. The Kier molecular flexibility index (Phi) is 4.95. The van der Waals surface area contributed by atoms with Gasteiger partial charge in [-0.1, -0.05) is 31.0 Å². The lowest BCUT2D eigenvalue weighted by Gasteiger charge is -2.41. The van der Waals surface area contributed by atoms with Crippen molar-refractivity contribution < 1.29 is 14.7 Å². The number of carbonyl (C=O) groups excluding carboxylic acids is 1. The van der Waals surface area contributed by atoms with E-state index in [1.807, 2.05) is 0 Å². The van der Waals surface area contributed by atoms with E-state index >= 15 is 0 Å². The molecule has 0 spiro atoms. The Morgan fingerprint density at radius 1 is 1.17 bits per heavy atom. The predicted octanol–water partition coefficient (Wildman–Crippen LogP) is 4.42. The molecule has 1 aromatic carbocycles. The van der Waals surface area contributed by atoms with Crippen LogP contribution in [0.5, 0.6) is 0 Å². The molecule has 0 saturated heterocycles. The molecule has 0 radical (unpaired) electrons. The van der Waals surface area contributed by atoms with Crippen LogP contribution in [0.15, 0.2) is 24.3 Å². The van der Waals surface area contributed by atoms with Crippen molar-refractivity contribution in [3.8, 4) is 0 Å². The van der Waals surface area contributed by atoms with E-state index in [0.29, 0.717) is 12.5 Å².